The summed E-state index contributed by atoms with van der Waals surface area (Å²) in [6, 6.07) is 4.39. The average molecular weight is 369 g/mol. The summed E-state index contributed by atoms with van der Waals surface area (Å²) in [6.07, 6.45) is 0.741. The topological polar surface area (TPSA) is 21.3 Å². The first-order valence-electron chi connectivity index (χ1n) is 8.40. The second-order valence-corrected chi connectivity index (χ2v) is 6.79. The zero-order valence-corrected chi connectivity index (χ0v) is 13.9. The lowest BCUT2D eigenvalue weighted by Crippen LogP contribution is -2.37. The molecule has 7 heteroatoms. The molecule has 138 valence electrons. The Morgan fingerprint density at radius 3 is 2.31 bits per heavy atom. The molecule has 3 atom stereocenters. The fraction of sp³-hybridized carbons (Fsp3) is 0.368. The summed E-state index contributed by atoms with van der Waals surface area (Å²) >= 11 is 0. The van der Waals surface area contributed by atoms with Crippen molar-refractivity contribution in [1.29, 1.82) is 0 Å². The van der Waals surface area contributed by atoms with Gasteiger partial charge < -0.3 is 10.1 Å². The molecule has 26 heavy (non-hydrogen) atoms. The van der Waals surface area contributed by atoms with Gasteiger partial charge in [-0.25, -0.2) is 22.0 Å². The van der Waals surface area contributed by atoms with Crippen LogP contribution in [0.4, 0.5) is 27.6 Å². The quantitative estimate of drug-likeness (QED) is 0.417. The van der Waals surface area contributed by atoms with E-state index in [0.717, 1.165) is 11.1 Å². The molecule has 2 heterocycles. The van der Waals surface area contributed by atoms with Crippen molar-refractivity contribution < 1.29 is 26.7 Å². The Balaban J connectivity index is 1.89. The van der Waals surface area contributed by atoms with Crippen LogP contribution in [-0.4, -0.2) is 6.61 Å². The van der Waals surface area contributed by atoms with Crippen molar-refractivity contribution in [3.63, 3.8) is 0 Å². The van der Waals surface area contributed by atoms with E-state index < -0.39 is 52.7 Å². The molecule has 0 aliphatic carbocycles. The maximum absolute atomic E-state index is 14.4. The van der Waals surface area contributed by atoms with E-state index in [9.17, 15) is 22.0 Å². The molecule has 0 aromatic heterocycles. The Labute approximate surface area is 147 Å². The van der Waals surface area contributed by atoms with E-state index in [1.165, 1.54) is 0 Å². The SMILES string of the molecule is Cc1ccc2c(c1)[C@H]1OCCC[C@H]1[C@@H](c1c(F)c(F)c(F)c(F)c1F)N2. The minimum Gasteiger partial charge on any atom is -0.377 e. The Hall–Kier alpha value is -2.15. The number of benzene rings is 2. The van der Waals surface area contributed by atoms with Crippen molar-refractivity contribution in [3.8, 4) is 0 Å². The van der Waals surface area contributed by atoms with Gasteiger partial charge in [-0.3, -0.25) is 0 Å². The molecule has 0 spiro atoms. The minimum absolute atomic E-state index is 0.439. The molecular weight excluding hydrogens is 353 g/mol. The van der Waals surface area contributed by atoms with Crippen LogP contribution in [0.1, 0.15) is 41.7 Å². The van der Waals surface area contributed by atoms with Crippen LogP contribution in [0.25, 0.3) is 0 Å². The van der Waals surface area contributed by atoms with Crippen LogP contribution in [0.3, 0.4) is 0 Å². The summed E-state index contributed by atoms with van der Waals surface area (Å²) in [5.41, 5.74) is 1.59. The van der Waals surface area contributed by atoms with E-state index in [-0.39, 0.29) is 0 Å². The summed E-state index contributed by atoms with van der Waals surface area (Å²) < 4.78 is 75.4. The van der Waals surface area contributed by atoms with Crippen LogP contribution >= 0.6 is 0 Å². The lowest BCUT2D eigenvalue weighted by Gasteiger charge is -2.43. The summed E-state index contributed by atoms with van der Waals surface area (Å²) in [6.45, 7) is 2.40. The first kappa shape index (κ1) is 17.3. The van der Waals surface area contributed by atoms with Gasteiger partial charge in [-0.2, -0.15) is 0 Å². The third-order valence-electron chi connectivity index (χ3n) is 5.18. The molecule has 2 nitrogen and oxygen atoms in total. The van der Waals surface area contributed by atoms with Gasteiger partial charge in [-0.1, -0.05) is 17.7 Å². The highest BCUT2D eigenvalue weighted by Gasteiger charge is 2.43. The highest BCUT2D eigenvalue weighted by atomic mass is 19.2. The number of rotatable bonds is 1. The van der Waals surface area contributed by atoms with E-state index in [1.54, 1.807) is 6.07 Å². The van der Waals surface area contributed by atoms with Crippen LogP contribution in [0.2, 0.25) is 0 Å². The fourth-order valence-corrected chi connectivity index (χ4v) is 3.97. The number of halogens is 5. The molecule has 2 aliphatic heterocycles. The molecule has 1 fully saturated rings. The van der Waals surface area contributed by atoms with Gasteiger partial charge in [-0.05, 0) is 25.8 Å². The highest BCUT2D eigenvalue weighted by molar-refractivity contribution is 5.58. The molecule has 2 aliphatic rings. The molecule has 0 radical (unpaired) electrons. The van der Waals surface area contributed by atoms with Gasteiger partial charge in [0.05, 0.1) is 17.7 Å². The second-order valence-electron chi connectivity index (χ2n) is 6.79. The van der Waals surface area contributed by atoms with Gasteiger partial charge >= 0.3 is 0 Å². The third kappa shape index (κ3) is 2.48. The maximum Gasteiger partial charge on any atom is 0.200 e. The molecule has 0 amide bonds. The molecule has 2 aromatic rings. The standard InChI is InChI=1S/C19H16F5NO/c1-8-4-5-11-10(7-8)19-9(3-2-6-26-19)18(25-11)12-13(20)15(22)17(24)16(23)14(12)21/h4-5,7,9,18-19,25H,2-3,6H2,1H3/t9-,18-,19-/m0/s1. The Morgan fingerprint density at radius 2 is 1.62 bits per heavy atom. The van der Waals surface area contributed by atoms with Crippen LogP contribution < -0.4 is 5.32 Å². The van der Waals surface area contributed by atoms with Crippen molar-refractivity contribution in [1.82, 2.24) is 0 Å². The molecule has 0 saturated carbocycles. The second kappa shape index (κ2) is 6.23. The number of hydrogen-bond donors (Lipinski definition) is 1. The van der Waals surface area contributed by atoms with Gasteiger partial charge in [0.1, 0.15) is 0 Å². The number of ether oxygens (including phenoxy) is 1. The predicted octanol–water partition coefficient (Wildman–Crippen LogP) is 5.33. The lowest BCUT2D eigenvalue weighted by molar-refractivity contribution is -0.0389. The number of anilines is 1. The Bertz CT molecular complexity index is 856. The molecule has 1 saturated heterocycles. The van der Waals surface area contributed by atoms with Crippen molar-refractivity contribution >= 4 is 5.69 Å². The first-order chi connectivity index (χ1) is 12.4. The smallest absolute Gasteiger partial charge is 0.200 e. The van der Waals surface area contributed by atoms with Gasteiger partial charge in [-0.15, -0.1) is 0 Å². The zero-order chi connectivity index (χ0) is 18.6. The van der Waals surface area contributed by atoms with E-state index in [0.29, 0.717) is 25.1 Å². The van der Waals surface area contributed by atoms with E-state index >= 15 is 0 Å². The van der Waals surface area contributed by atoms with Crippen molar-refractivity contribution in [2.24, 2.45) is 5.92 Å². The van der Waals surface area contributed by atoms with E-state index in [2.05, 4.69) is 5.32 Å². The summed E-state index contributed by atoms with van der Waals surface area (Å²) in [5.74, 6) is -10.0. The lowest BCUT2D eigenvalue weighted by atomic mass is 9.77. The number of fused-ring (bicyclic) bond motifs is 3. The number of nitrogens with one attached hydrogen (secondary N) is 1. The van der Waals surface area contributed by atoms with Crippen LogP contribution in [0, 0.1) is 41.9 Å². The third-order valence-corrected chi connectivity index (χ3v) is 5.18. The molecule has 0 bridgehead atoms. The number of aryl methyl sites for hydroxylation is 1. The minimum atomic E-state index is -2.15. The van der Waals surface area contributed by atoms with E-state index in [1.807, 2.05) is 19.1 Å². The first-order valence-corrected chi connectivity index (χ1v) is 8.40. The summed E-state index contributed by atoms with van der Waals surface area (Å²) in [7, 11) is 0. The molecule has 1 N–H and O–H groups in total. The fourth-order valence-electron chi connectivity index (χ4n) is 3.97. The largest absolute Gasteiger partial charge is 0.377 e. The summed E-state index contributed by atoms with van der Waals surface area (Å²) in [4.78, 5) is 0. The molecule has 0 unspecified atom stereocenters. The normalized spacial score (nSPS) is 24.6. The van der Waals surface area contributed by atoms with Gasteiger partial charge in [0.25, 0.3) is 0 Å². The van der Waals surface area contributed by atoms with Crippen molar-refractivity contribution in [2.45, 2.75) is 31.9 Å². The highest BCUT2D eigenvalue weighted by Crippen LogP contribution is 2.50. The molecule has 4 rings (SSSR count). The van der Waals surface area contributed by atoms with Gasteiger partial charge in [0.2, 0.25) is 5.82 Å². The van der Waals surface area contributed by atoms with Crippen LogP contribution in [0.15, 0.2) is 18.2 Å². The average Bonchev–Trinajstić information content (AvgIpc) is 2.65. The van der Waals surface area contributed by atoms with Crippen LogP contribution in [-0.2, 0) is 4.74 Å². The van der Waals surface area contributed by atoms with E-state index in [4.69, 9.17) is 4.74 Å². The molecule has 2 aromatic carbocycles. The number of hydrogen-bond acceptors (Lipinski definition) is 2. The Kier molecular flexibility index (Phi) is 4.14. The predicted molar refractivity (Wildman–Crippen MR) is 85.2 cm³/mol. The van der Waals surface area contributed by atoms with Crippen molar-refractivity contribution in [2.75, 3.05) is 11.9 Å². The monoisotopic (exact) mass is 369 g/mol. The van der Waals surface area contributed by atoms with Crippen LogP contribution in [0.5, 0.6) is 0 Å². The maximum atomic E-state index is 14.4. The zero-order valence-electron chi connectivity index (χ0n) is 13.9. The van der Waals surface area contributed by atoms with Gasteiger partial charge in [0, 0.05) is 23.8 Å². The summed E-state index contributed by atoms with van der Waals surface area (Å²) in [5, 5.41) is 2.98. The van der Waals surface area contributed by atoms with Crippen molar-refractivity contribution in [3.05, 3.63) is 64.0 Å². The molecular formula is C19H16F5NO. The van der Waals surface area contributed by atoms with Gasteiger partial charge in [0.15, 0.2) is 23.3 Å². The Morgan fingerprint density at radius 1 is 0.962 bits per heavy atom.